The van der Waals surface area contributed by atoms with Gasteiger partial charge in [0.05, 0.1) is 5.54 Å². The Hall–Kier alpha value is -1.30. The molecule has 0 aliphatic heterocycles. The van der Waals surface area contributed by atoms with Gasteiger partial charge in [0.2, 0.25) is 5.91 Å². The summed E-state index contributed by atoms with van der Waals surface area (Å²) in [5.41, 5.74) is -0.922. The first-order chi connectivity index (χ1) is 11.2. The minimum atomic E-state index is -0.530. The molecule has 6 nitrogen and oxygen atoms in total. The Labute approximate surface area is 146 Å². The van der Waals surface area contributed by atoms with E-state index in [0.29, 0.717) is 13.2 Å². The van der Waals surface area contributed by atoms with Crippen LogP contribution < -0.4 is 10.6 Å². The Kier molecular flexibility index (Phi) is 8.00. The van der Waals surface area contributed by atoms with Crippen LogP contribution in [0.4, 0.5) is 4.79 Å². The molecular formula is C18H34N2O4. The average molecular weight is 342 g/mol. The van der Waals surface area contributed by atoms with Gasteiger partial charge in [0, 0.05) is 13.2 Å². The normalized spacial score (nSPS) is 18.0. The van der Waals surface area contributed by atoms with Gasteiger partial charge in [-0.3, -0.25) is 4.79 Å². The minimum Gasteiger partial charge on any atom is -0.444 e. The standard InChI is InChI=1S/C18H34N2O4/c1-6-7-12-23-14(2)15(21)20-18(10-8-9-11-18)13-19-16(22)24-17(3,4)5/h14H,6-13H2,1-5H3,(H,19,22)(H,20,21). The van der Waals surface area contributed by atoms with Gasteiger partial charge in [0.15, 0.2) is 0 Å². The molecule has 6 heteroatoms. The van der Waals surface area contributed by atoms with Crippen LogP contribution in [-0.2, 0) is 14.3 Å². The lowest BCUT2D eigenvalue weighted by molar-refractivity contribution is -0.133. The molecule has 24 heavy (non-hydrogen) atoms. The van der Waals surface area contributed by atoms with Crippen LogP contribution in [0.5, 0.6) is 0 Å². The molecule has 1 fully saturated rings. The molecule has 1 saturated carbocycles. The summed E-state index contributed by atoms with van der Waals surface area (Å²) in [6.45, 7) is 10.3. The molecule has 0 aromatic heterocycles. The number of ether oxygens (including phenoxy) is 2. The van der Waals surface area contributed by atoms with Gasteiger partial charge < -0.3 is 20.1 Å². The van der Waals surface area contributed by atoms with Crippen molar-refractivity contribution < 1.29 is 19.1 Å². The molecule has 0 aromatic rings. The summed E-state index contributed by atoms with van der Waals surface area (Å²) in [4.78, 5) is 24.3. The van der Waals surface area contributed by atoms with Gasteiger partial charge in [-0.25, -0.2) is 4.79 Å². The van der Waals surface area contributed by atoms with Crippen molar-refractivity contribution in [2.75, 3.05) is 13.2 Å². The fraction of sp³-hybridized carbons (Fsp3) is 0.889. The fourth-order valence-corrected chi connectivity index (χ4v) is 2.80. The largest absolute Gasteiger partial charge is 0.444 e. The van der Waals surface area contributed by atoms with E-state index in [9.17, 15) is 9.59 Å². The van der Waals surface area contributed by atoms with Crippen LogP contribution in [0.3, 0.4) is 0 Å². The monoisotopic (exact) mass is 342 g/mol. The number of unbranched alkanes of at least 4 members (excludes halogenated alkanes) is 1. The van der Waals surface area contributed by atoms with Gasteiger partial charge >= 0.3 is 6.09 Å². The molecule has 1 aliphatic carbocycles. The van der Waals surface area contributed by atoms with E-state index < -0.39 is 23.3 Å². The fourth-order valence-electron chi connectivity index (χ4n) is 2.80. The van der Waals surface area contributed by atoms with Crippen LogP contribution in [0.25, 0.3) is 0 Å². The van der Waals surface area contributed by atoms with Crippen molar-refractivity contribution in [3.8, 4) is 0 Å². The molecule has 0 aromatic carbocycles. The summed E-state index contributed by atoms with van der Waals surface area (Å²) in [6, 6.07) is 0. The highest BCUT2D eigenvalue weighted by Gasteiger charge is 2.37. The predicted octanol–water partition coefficient (Wildman–Crippen LogP) is 3.15. The summed E-state index contributed by atoms with van der Waals surface area (Å²) in [5, 5.41) is 5.90. The summed E-state index contributed by atoms with van der Waals surface area (Å²) >= 11 is 0. The lowest BCUT2D eigenvalue weighted by Crippen LogP contribution is -2.56. The van der Waals surface area contributed by atoms with E-state index in [4.69, 9.17) is 9.47 Å². The third-order valence-corrected chi connectivity index (χ3v) is 4.15. The second kappa shape index (κ2) is 9.25. The van der Waals surface area contributed by atoms with Crippen LogP contribution in [0, 0.1) is 0 Å². The number of nitrogens with one attached hydrogen (secondary N) is 2. The number of carbonyl (C=O) groups excluding carboxylic acids is 2. The Bertz CT molecular complexity index is 412. The first-order valence-electron chi connectivity index (χ1n) is 9.08. The minimum absolute atomic E-state index is 0.112. The quantitative estimate of drug-likeness (QED) is 0.664. The van der Waals surface area contributed by atoms with Crippen molar-refractivity contribution in [1.82, 2.24) is 10.6 Å². The van der Waals surface area contributed by atoms with E-state index in [2.05, 4.69) is 17.6 Å². The molecule has 1 unspecified atom stereocenters. The van der Waals surface area contributed by atoms with E-state index >= 15 is 0 Å². The third-order valence-electron chi connectivity index (χ3n) is 4.15. The zero-order chi connectivity index (χ0) is 18.2. The van der Waals surface area contributed by atoms with Crippen molar-refractivity contribution in [2.45, 2.75) is 90.4 Å². The SMILES string of the molecule is CCCCOC(C)C(=O)NC1(CNC(=O)OC(C)(C)C)CCCC1. The van der Waals surface area contributed by atoms with Crippen molar-refractivity contribution in [3.63, 3.8) is 0 Å². The number of rotatable bonds is 8. The lowest BCUT2D eigenvalue weighted by Gasteiger charge is -2.32. The predicted molar refractivity (Wildman–Crippen MR) is 93.9 cm³/mol. The van der Waals surface area contributed by atoms with E-state index in [0.717, 1.165) is 38.5 Å². The second-order valence-electron chi connectivity index (χ2n) is 7.70. The maximum atomic E-state index is 12.4. The second-order valence-corrected chi connectivity index (χ2v) is 7.70. The Morgan fingerprint density at radius 2 is 1.83 bits per heavy atom. The summed E-state index contributed by atoms with van der Waals surface area (Å²) < 4.78 is 10.8. The van der Waals surface area contributed by atoms with Gasteiger partial charge in [0.1, 0.15) is 11.7 Å². The first kappa shape index (κ1) is 20.7. The Morgan fingerprint density at radius 1 is 1.21 bits per heavy atom. The highest BCUT2D eigenvalue weighted by Crippen LogP contribution is 2.29. The smallest absolute Gasteiger partial charge is 0.407 e. The van der Waals surface area contributed by atoms with E-state index in [-0.39, 0.29) is 5.91 Å². The number of carbonyl (C=O) groups is 2. The van der Waals surface area contributed by atoms with E-state index in [1.165, 1.54) is 0 Å². The molecule has 1 atom stereocenters. The maximum absolute atomic E-state index is 12.4. The van der Waals surface area contributed by atoms with Crippen LogP contribution in [0.2, 0.25) is 0 Å². The molecule has 2 amide bonds. The van der Waals surface area contributed by atoms with Gasteiger partial charge in [-0.15, -0.1) is 0 Å². The van der Waals surface area contributed by atoms with E-state index in [1.54, 1.807) is 6.92 Å². The third kappa shape index (κ3) is 7.51. The van der Waals surface area contributed by atoms with Crippen LogP contribution >= 0.6 is 0 Å². The lowest BCUT2D eigenvalue weighted by atomic mass is 9.97. The van der Waals surface area contributed by atoms with Crippen molar-refractivity contribution in [3.05, 3.63) is 0 Å². The molecule has 2 N–H and O–H groups in total. The van der Waals surface area contributed by atoms with Gasteiger partial charge in [-0.1, -0.05) is 26.2 Å². The number of hydrogen-bond acceptors (Lipinski definition) is 4. The summed E-state index contributed by atoms with van der Waals surface area (Å²) in [7, 11) is 0. The molecule has 0 radical (unpaired) electrons. The number of hydrogen-bond donors (Lipinski definition) is 2. The molecule has 1 rings (SSSR count). The molecule has 0 bridgehead atoms. The van der Waals surface area contributed by atoms with Gasteiger partial charge in [-0.05, 0) is 47.0 Å². The van der Waals surface area contributed by atoms with Gasteiger partial charge in [0.25, 0.3) is 0 Å². The maximum Gasteiger partial charge on any atom is 0.407 e. The zero-order valence-corrected chi connectivity index (χ0v) is 15.9. The van der Waals surface area contributed by atoms with Crippen LogP contribution in [0.1, 0.15) is 73.1 Å². The zero-order valence-electron chi connectivity index (χ0n) is 15.9. The van der Waals surface area contributed by atoms with Crippen molar-refractivity contribution in [2.24, 2.45) is 0 Å². The summed E-state index contributed by atoms with van der Waals surface area (Å²) in [6.07, 6.45) is 4.86. The molecule has 0 spiro atoms. The highest BCUT2D eigenvalue weighted by atomic mass is 16.6. The van der Waals surface area contributed by atoms with E-state index in [1.807, 2.05) is 20.8 Å². The number of amides is 2. The molecule has 0 heterocycles. The highest BCUT2D eigenvalue weighted by molar-refractivity contribution is 5.81. The molecule has 1 aliphatic rings. The molecule has 0 saturated heterocycles. The van der Waals surface area contributed by atoms with Crippen molar-refractivity contribution >= 4 is 12.0 Å². The Morgan fingerprint density at radius 3 is 2.38 bits per heavy atom. The number of alkyl carbamates (subject to hydrolysis) is 1. The summed E-state index contributed by atoms with van der Waals surface area (Å²) in [5.74, 6) is -0.112. The average Bonchev–Trinajstić information content (AvgIpc) is 2.92. The first-order valence-corrected chi connectivity index (χ1v) is 9.08. The molecule has 140 valence electrons. The van der Waals surface area contributed by atoms with Crippen LogP contribution in [0.15, 0.2) is 0 Å². The molecular weight excluding hydrogens is 308 g/mol. The van der Waals surface area contributed by atoms with Gasteiger partial charge in [-0.2, -0.15) is 0 Å². The van der Waals surface area contributed by atoms with Crippen molar-refractivity contribution in [1.29, 1.82) is 0 Å². The topological polar surface area (TPSA) is 76.7 Å². The Balaban J connectivity index is 2.52. The van der Waals surface area contributed by atoms with Crippen LogP contribution in [-0.4, -0.2) is 42.4 Å².